The first-order valence-corrected chi connectivity index (χ1v) is 10.6. The van der Waals surface area contributed by atoms with Crippen molar-refractivity contribution >= 4 is 39.7 Å². The Balaban J connectivity index is 1.47. The summed E-state index contributed by atoms with van der Waals surface area (Å²) < 4.78 is 5.78. The Kier molecular flexibility index (Phi) is 5.78. The van der Waals surface area contributed by atoms with Crippen molar-refractivity contribution in [2.24, 2.45) is 0 Å². The highest BCUT2D eigenvalue weighted by atomic mass is 32.2. The van der Waals surface area contributed by atoms with E-state index in [2.05, 4.69) is 51.5 Å². The van der Waals surface area contributed by atoms with Crippen LogP contribution in [0.4, 0.5) is 5.82 Å². The SMILES string of the molecule is CCc1nc2c(N)nc3ccccc3c2n1CCCCNSc1ccccc1. The van der Waals surface area contributed by atoms with E-state index in [9.17, 15) is 0 Å². The number of aryl methyl sites for hydroxylation is 2. The Morgan fingerprint density at radius 3 is 2.61 bits per heavy atom. The average Bonchev–Trinajstić information content (AvgIpc) is 3.11. The predicted molar refractivity (Wildman–Crippen MR) is 118 cm³/mol. The van der Waals surface area contributed by atoms with Crippen LogP contribution in [0.1, 0.15) is 25.6 Å². The van der Waals surface area contributed by atoms with Gasteiger partial charge in [0.05, 0.1) is 11.0 Å². The molecule has 0 fully saturated rings. The zero-order valence-electron chi connectivity index (χ0n) is 16.1. The van der Waals surface area contributed by atoms with E-state index in [4.69, 9.17) is 10.7 Å². The van der Waals surface area contributed by atoms with Gasteiger partial charge in [-0.3, -0.25) is 4.72 Å². The fourth-order valence-electron chi connectivity index (χ4n) is 3.51. The minimum absolute atomic E-state index is 0.517. The van der Waals surface area contributed by atoms with Gasteiger partial charge in [-0.05, 0) is 43.0 Å². The molecule has 2 heterocycles. The first-order valence-electron chi connectivity index (χ1n) is 9.76. The van der Waals surface area contributed by atoms with Crippen molar-refractivity contribution in [3.63, 3.8) is 0 Å². The Hall–Kier alpha value is -2.57. The predicted octanol–water partition coefficient (Wildman–Crippen LogP) is 4.81. The maximum absolute atomic E-state index is 6.21. The number of pyridine rings is 1. The lowest BCUT2D eigenvalue weighted by molar-refractivity contribution is 0.599. The average molecular weight is 392 g/mol. The number of nitrogen functional groups attached to an aromatic ring is 1. The number of nitrogens with two attached hydrogens (primary N) is 1. The maximum Gasteiger partial charge on any atom is 0.152 e. The first-order chi connectivity index (χ1) is 13.8. The molecule has 0 radical (unpaired) electrons. The van der Waals surface area contributed by atoms with E-state index >= 15 is 0 Å². The van der Waals surface area contributed by atoms with E-state index < -0.39 is 0 Å². The Bertz CT molecular complexity index is 1070. The van der Waals surface area contributed by atoms with Crippen molar-refractivity contribution < 1.29 is 0 Å². The molecule has 0 aliphatic rings. The molecule has 2 aromatic heterocycles. The molecule has 0 aliphatic carbocycles. The number of hydrogen-bond acceptors (Lipinski definition) is 5. The zero-order valence-corrected chi connectivity index (χ0v) is 16.9. The number of hydrogen-bond donors (Lipinski definition) is 2. The van der Waals surface area contributed by atoms with Gasteiger partial charge in [-0.25, -0.2) is 9.97 Å². The highest BCUT2D eigenvalue weighted by Crippen LogP contribution is 2.29. The van der Waals surface area contributed by atoms with Gasteiger partial charge >= 0.3 is 0 Å². The van der Waals surface area contributed by atoms with Gasteiger partial charge in [0, 0.05) is 29.8 Å². The summed E-state index contributed by atoms with van der Waals surface area (Å²) in [5, 5.41) is 1.12. The monoisotopic (exact) mass is 391 g/mol. The molecule has 0 atom stereocenters. The summed E-state index contributed by atoms with van der Waals surface area (Å²) in [5.74, 6) is 1.59. The minimum atomic E-state index is 0.517. The third-order valence-corrected chi connectivity index (χ3v) is 5.71. The Labute approximate surface area is 169 Å². The summed E-state index contributed by atoms with van der Waals surface area (Å²) >= 11 is 1.69. The fourth-order valence-corrected chi connectivity index (χ4v) is 4.21. The molecule has 4 aromatic rings. The highest BCUT2D eigenvalue weighted by Gasteiger charge is 2.15. The van der Waals surface area contributed by atoms with Gasteiger partial charge in [0.2, 0.25) is 0 Å². The molecule has 4 rings (SSSR count). The molecule has 0 aliphatic heterocycles. The second-order valence-electron chi connectivity index (χ2n) is 6.76. The van der Waals surface area contributed by atoms with E-state index in [1.807, 2.05) is 24.3 Å². The van der Waals surface area contributed by atoms with Crippen molar-refractivity contribution in [3.8, 4) is 0 Å². The number of rotatable bonds is 8. The van der Waals surface area contributed by atoms with Gasteiger partial charge in [-0.2, -0.15) is 0 Å². The zero-order chi connectivity index (χ0) is 19.3. The van der Waals surface area contributed by atoms with E-state index in [1.165, 1.54) is 4.90 Å². The molecule has 0 amide bonds. The molecule has 144 valence electrons. The number of imidazole rings is 1. The lowest BCUT2D eigenvalue weighted by atomic mass is 10.2. The summed E-state index contributed by atoms with van der Waals surface area (Å²) in [7, 11) is 0. The second kappa shape index (κ2) is 8.63. The summed E-state index contributed by atoms with van der Waals surface area (Å²) in [6, 6.07) is 18.6. The van der Waals surface area contributed by atoms with Crippen LogP contribution in [-0.4, -0.2) is 21.1 Å². The number of aromatic nitrogens is 3. The summed E-state index contributed by atoms with van der Waals surface area (Å²) in [6.07, 6.45) is 3.06. The van der Waals surface area contributed by atoms with Crippen LogP contribution in [0.25, 0.3) is 21.9 Å². The van der Waals surface area contributed by atoms with Gasteiger partial charge in [0.25, 0.3) is 0 Å². The van der Waals surface area contributed by atoms with Crippen molar-refractivity contribution in [1.82, 2.24) is 19.3 Å². The second-order valence-corrected chi connectivity index (χ2v) is 7.73. The molecule has 0 bridgehead atoms. The number of unbranched alkanes of at least 4 members (excludes halogenated alkanes) is 1. The molecule has 5 nitrogen and oxygen atoms in total. The summed E-state index contributed by atoms with van der Waals surface area (Å²) in [5.41, 5.74) is 9.08. The number of para-hydroxylation sites is 1. The van der Waals surface area contributed by atoms with Gasteiger partial charge in [-0.15, -0.1) is 0 Å². The number of benzene rings is 2. The first kappa shape index (κ1) is 18.8. The smallest absolute Gasteiger partial charge is 0.152 e. The van der Waals surface area contributed by atoms with Gasteiger partial charge in [0.1, 0.15) is 11.3 Å². The molecule has 6 heteroatoms. The lowest BCUT2D eigenvalue weighted by Crippen LogP contribution is -2.08. The van der Waals surface area contributed by atoms with Crippen LogP contribution in [0.3, 0.4) is 0 Å². The minimum Gasteiger partial charge on any atom is -0.382 e. The summed E-state index contributed by atoms with van der Waals surface area (Å²) in [6.45, 7) is 4.05. The Morgan fingerprint density at radius 2 is 1.79 bits per heavy atom. The molecule has 3 N–H and O–H groups in total. The number of fused-ring (bicyclic) bond motifs is 3. The molecular weight excluding hydrogens is 366 g/mol. The highest BCUT2D eigenvalue weighted by molar-refractivity contribution is 7.97. The largest absolute Gasteiger partial charge is 0.382 e. The van der Waals surface area contributed by atoms with E-state index in [0.29, 0.717) is 5.82 Å². The van der Waals surface area contributed by atoms with Crippen LogP contribution < -0.4 is 10.5 Å². The molecular formula is C22H25N5S. The number of nitrogens with one attached hydrogen (secondary N) is 1. The number of anilines is 1. The van der Waals surface area contributed by atoms with Crippen molar-refractivity contribution in [3.05, 3.63) is 60.4 Å². The maximum atomic E-state index is 6.21. The quantitative estimate of drug-likeness (QED) is 0.333. The van der Waals surface area contributed by atoms with Gasteiger partial charge < -0.3 is 10.3 Å². The van der Waals surface area contributed by atoms with E-state index in [-0.39, 0.29) is 0 Å². The lowest BCUT2D eigenvalue weighted by Gasteiger charge is -2.10. The van der Waals surface area contributed by atoms with Crippen molar-refractivity contribution in [2.45, 2.75) is 37.6 Å². The number of nitrogens with zero attached hydrogens (tertiary/aromatic N) is 3. The van der Waals surface area contributed by atoms with E-state index in [1.54, 1.807) is 11.9 Å². The molecule has 0 saturated heterocycles. The Morgan fingerprint density at radius 1 is 1.00 bits per heavy atom. The van der Waals surface area contributed by atoms with Crippen LogP contribution >= 0.6 is 11.9 Å². The summed E-state index contributed by atoms with van der Waals surface area (Å²) in [4.78, 5) is 10.6. The fraction of sp³-hybridized carbons (Fsp3) is 0.273. The normalized spacial score (nSPS) is 11.5. The third kappa shape index (κ3) is 3.84. The van der Waals surface area contributed by atoms with Crippen molar-refractivity contribution in [2.75, 3.05) is 12.3 Å². The van der Waals surface area contributed by atoms with Crippen LogP contribution in [-0.2, 0) is 13.0 Å². The molecule has 28 heavy (non-hydrogen) atoms. The van der Waals surface area contributed by atoms with Gasteiger partial charge in [-0.1, -0.05) is 43.3 Å². The van der Waals surface area contributed by atoms with Gasteiger partial charge in [0.15, 0.2) is 5.82 Å². The van der Waals surface area contributed by atoms with Crippen LogP contribution in [0, 0.1) is 0 Å². The molecule has 2 aromatic carbocycles. The topological polar surface area (TPSA) is 68.8 Å². The molecule has 0 saturated carbocycles. The van der Waals surface area contributed by atoms with E-state index in [0.717, 1.165) is 60.1 Å². The van der Waals surface area contributed by atoms with Crippen LogP contribution in [0.15, 0.2) is 59.5 Å². The molecule has 0 unspecified atom stereocenters. The van der Waals surface area contributed by atoms with Crippen molar-refractivity contribution in [1.29, 1.82) is 0 Å². The standard InChI is InChI=1S/C22H25N5S/c1-2-19-26-20-21(17-12-6-7-13-18(17)25-22(20)23)27(19)15-9-8-14-24-28-16-10-4-3-5-11-16/h3-7,10-13,24H,2,8-9,14-15H2,1H3,(H2,23,25). The van der Waals surface area contributed by atoms with Crippen LogP contribution in [0.5, 0.6) is 0 Å². The van der Waals surface area contributed by atoms with Crippen LogP contribution in [0.2, 0.25) is 0 Å². The third-order valence-electron chi connectivity index (χ3n) is 4.85. The molecule has 0 spiro atoms.